The summed E-state index contributed by atoms with van der Waals surface area (Å²) < 4.78 is 1.88. The molecule has 0 atom stereocenters. The minimum Gasteiger partial charge on any atom is -0.481 e. The summed E-state index contributed by atoms with van der Waals surface area (Å²) in [5.74, 6) is -0.674. The molecule has 5 nitrogen and oxygen atoms in total. The van der Waals surface area contributed by atoms with Gasteiger partial charge in [0.25, 0.3) is 0 Å². The van der Waals surface area contributed by atoms with Gasteiger partial charge in [-0.15, -0.1) is 0 Å². The number of hydrogen-bond donors (Lipinski definition) is 1. The minimum absolute atomic E-state index is 0.322. The topological polar surface area (TPSA) is 68.0 Å². The quantitative estimate of drug-likeness (QED) is 0.590. The Morgan fingerprint density at radius 1 is 0.947 bits per heavy atom. The van der Waals surface area contributed by atoms with Gasteiger partial charge in [-0.1, -0.05) is 44.9 Å². The number of carboxylic acids is 1. The molecule has 1 aromatic heterocycles. The highest BCUT2D eigenvalue weighted by Crippen LogP contribution is 2.10. The van der Waals surface area contributed by atoms with Crippen LogP contribution in [0.3, 0.4) is 0 Å². The number of aliphatic carboxylic acids is 1. The molecule has 108 valence electrons. The lowest BCUT2D eigenvalue weighted by molar-refractivity contribution is -0.137. The maximum Gasteiger partial charge on any atom is 0.303 e. The van der Waals surface area contributed by atoms with Crippen molar-refractivity contribution in [2.75, 3.05) is 0 Å². The molecule has 0 aliphatic rings. The van der Waals surface area contributed by atoms with Crippen molar-refractivity contribution >= 4 is 5.97 Å². The molecule has 0 radical (unpaired) electrons. The third-order valence-corrected chi connectivity index (χ3v) is 3.24. The van der Waals surface area contributed by atoms with E-state index in [1.165, 1.54) is 44.9 Å². The molecule has 19 heavy (non-hydrogen) atoms. The maximum atomic E-state index is 10.3. The zero-order valence-electron chi connectivity index (χ0n) is 11.6. The van der Waals surface area contributed by atoms with Crippen molar-refractivity contribution in [2.45, 2.75) is 70.8 Å². The second kappa shape index (κ2) is 10.5. The van der Waals surface area contributed by atoms with E-state index in [0.29, 0.717) is 6.42 Å². The van der Waals surface area contributed by atoms with E-state index in [2.05, 4.69) is 10.1 Å². The van der Waals surface area contributed by atoms with E-state index in [-0.39, 0.29) is 0 Å². The van der Waals surface area contributed by atoms with Crippen LogP contribution in [-0.2, 0) is 11.3 Å². The molecular weight excluding hydrogens is 242 g/mol. The van der Waals surface area contributed by atoms with E-state index in [4.69, 9.17) is 5.11 Å². The van der Waals surface area contributed by atoms with Crippen LogP contribution in [0.25, 0.3) is 0 Å². The average molecular weight is 267 g/mol. The summed E-state index contributed by atoms with van der Waals surface area (Å²) >= 11 is 0. The summed E-state index contributed by atoms with van der Waals surface area (Å²) in [7, 11) is 0. The molecule has 0 saturated carbocycles. The van der Waals surface area contributed by atoms with Crippen LogP contribution < -0.4 is 0 Å². The minimum atomic E-state index is -0.674. The lowest BCUT2D eigenvalue weighted by Crippen LogP contribution is -1.97. The molecule has 1 N–H and O–H groups in total. The molecule has 1 heterocycles. The van der Waals surface area contributed by atoms with E-state index >= 15 is 0 Å². The lowest BCUT2D eigenvalue weighted by atomic mass is 10.1. The summed E-state index contributed by atoms with van der Waals surface area (Å²) in [4.78, 5) is 14.2. The molecule has 0 aromatic carbocycles. The molecule has 5 heteroatoms. The smallest absolute Gasteiger partial charge is 0.303 e. The van der Waals surface area contributed by atoms with Crippen LogP contribution in [0, 0.1) is 0 Å². The Bertz CT molecular complexity index is 325. The monoisotopic (exact) mass is 267 g/mol. The number of unbranched alkanes of at least 4 members (excludes halogenated alkanes) is 8. The molecule has 0 fully saturated rings. The van der Waals surface area contributed by atoms with Gasteiger partial charge in [0.2, 0.25) is 0 Å². The van der Waals surface area contributed by atoms with Gasteiger partial charge in [0.05, 0.1) is 0 Å². The van der Waals surface area contributed by atoms with E-state index in [1.807, 2.05) is 4.68 Å². The summed E-state index contributed by atoms with van der Waals surface area (Å²) in [6, 6.07) is 0. The molecule has 0 amide bonds. The zero-order chi connectivity index (χ0) is 13.8. The normalized spacial score (nSPS) is 10.7. The first-order valence-corrected chi connectivity index (χ1v) is 7.33. The third-order valence-electron chi connectivity index (χ3n) is 3.24. The molecule has 0 aliphatic carbocycles. The fourth-order valence-electron chi connectivity index (χ4n) is 2.14. The van der Waals surface area contributed by atoms with E-state index in [1.54, 1.807) is 12.7 Å². The number of carboxylic acid groups (broad SMARTS) is 1. The van der Waals surface area contributed by atoms with E-state index in [0.717, 1.165) is 19.4 Å². The Hall–Kier alpha value is -1.39. The number of hydrogen-bond acceptors (Lipinski definition) is 3. The van der Waals surface area contributed by atoms with Crippen LogP contribution in [0.15, 0.2) is 12.7 Å². The molecule has 0 spiro atoms. The predicted molar refractivity (Wildman–Crippen MR) is 73.8 cm³/mol. The molecule has 0 unspecified atom stereocenters. The van der Waals surface area contributed by atoms with Crippen LogP contribution in [-0.4, -0.2) is 25.8 Å². The van der Waals surface area contributed by atoms with Gasteiger partial charge in [0.15, 0.2) is 0 Å². The SMILES string of the molecule is O=C(O)CCCCCCCCCCCn1cncn1. The molecule has 1 aromatic rings. The van der Waals surface area contributed by atoms with Crippen molar-refractivity contribution in [1.29, 1.82) is 0 Å². The number of carbonyl (C=O) groups is 1. The highest BCUT2D eigenvalue weighted by Gasteiger charge is 1.97. The average Bonchev–Trinajstić information content (AvgIpc) is 2.88. The molecule has 1 rings (SSSR count). The highest BCUT2D eigenvalue weighted by atomic mass is 16.4. The summed E-state index contributed by atoms with van der Waals surface area (Å²) in [5, 5.41) is 12.6. The van der Waals surface area contributed by atoms with Crippen molar-refractivity contribution in [3.05, 3.63) is 12.7 Å². The van der Waals surface area contributed by atoms with E-state index < -0.39 is 5.97 Å². The zero-order valence-corrected chi connectivity index (χ0v) is 11.6. The van der Waals surface area contributed by atoms with Gasteiger partial charge in [-0.3, -0.25) is 9.48 Å². The first-order valence-electron chi connectivity index (χ1n) is 7.33. The maximum absolute atomic E-state index is 10.3. The Morgan fingerprint density at radius 3 is 2.05 bits per heavy atom. The lowest BCUT2D eigenvalue weighted by Gasteiger charge is -2.02. The molecule has 0 saturated heterocycles. The molecule has 0 aliphatic heterocycles. The van der Waals surface area contributed by atoms with Gasteiger partial charge >= 0.3 is 5.97 Å². The van der Waals surface area contributed by atoms with Gasteiger partial charge < -0.3 is 5.11 Å². The van der Waals surface area contributed by atoms with E-state index in [9.17, 15) is 4.79 Å². The molecular formula is C14H25N3O2. The predicted octanol–water partition coefficient (Wildman–Crippen LogP) is 3.26. The van der Waals surface area contributed by atoms with Crippen molar-refractivity contribution in [3.8, 4) is 0 Å². The third kappa shape index (κ3) is 9.22. The van der Waals surface area contributed by atoms with Crippen molar-refractivity contribution < 1.29 is 9.90 Å². The summed E-state index contributed by atoms with van der Waals surface area (Å²) in [5.41, 5.74) is 0. The van der Waals surface area contributed by atoms with Gasteiger partial charge in [-0.25, -0.2) is 4.98 Å². The Balaban J connectivity index is 1.75. The van der Waals surface area contributed by atoms with Crippen LogP contribution in [0.5, 0.6) is 0 Å². The molecule has 0 bridgehead atoms. The number of nitrogens with zero attached hydrogens (tertiary/aromatic N) is 3. The highest BCUT2D eigenvalue weighted by molar-refractivity contribution is 5.66. The van der Waals surface area contributed by atoms with Gasteiger partial charge in [0, 0.05) is 13.0 Å². The number of aromatic nitrogens is 3. The Kier molecular flexibility index (Phi) is 8.68. The second-order valence-electron chi connectivity index (χ2n) is 4.98. The first kappa shape index (κ1) is 15.7. The fourth-order valence-corrected chi connectivity index (χ4v) is 2.14. The van der Waals surface area contributed by atoms with Crippen molar-refractivity contribution in [1.82, 2.24) is 14.8 Å². The van der Waals surface area contributed by atoms with Gasteiger partial charge in [-0.2, -0.15) is 5.10 Å². The van der Waals surface area contributed by atoms with Crippen molar-refractivity contribution in [2.24, 2.45) is 0 Å². The Morgan fingerprint density at radius 2 is 1.53 bits per heavy atom. The largest absolute Gasteiger partial charge is 0.481 e. The fraction of sp³-hybridized carbons (Fsp3) is 0.786. The van der Waals surface area contributed by atoms with Crippen LogP contribution in [0.1, 0.15) is 64.2 Å². The summed E-state index contributed by atoms with van der Waals surface area (Å²) in [6.45, 7) is 0.967. The second-order valence-corrected chi connectivity index (χ2v) is 4.98. The van der Waals surface area contributed by atoms with Crippen molar-refractivity contribution in [3.63, 3.8) is 0 Å². The number of aryl methyl sites for hydroxylation is 1. The standard InChI is InChI=1S/C14H25N3O2/c18-14(19)10-8-6-4-2-1-3-5-7-9-11-17-13-15-12-16-17/h12-13H,1-11H2,(H,18,19). The van der Waals surface area contributed by atoms with Crippen LogP contribution in [0.2, 0.25) is 0 Å². The Labute approximate surface area is 115 Å². The first-order chi connectivity index (χ1) is 9.29. The van der Waals surface area contributed by atoms with Gasteiger partial charge in [0.1, 0.15) is 12.7 Å². The summed E-state index contributed by atoms with van der Waals surface area (Å²) in [6.07, 6.45) is 14.2. The van der Waals surface area contributed by atoms with Crippen LogP contribution in [0.4, 0.5) is 0 Å². The van der Waals surface area contributed by atoms with Crippen LogP contribution >= 0.6 is 0 Å². The number of rotatable bonds is 12. The van der Waals surface area contributed by atoms with Gasteiger partial charge in [-0.05, 0) is 12.8 Å².